The van der Waals surface area contributed by atoms with Gasteiger partial charge in [-0.3, -0.25) is 4.21 Å². The first-order valence-electron chi connectivity index (χ1n) is 7.15. The normalized spacial score (nSPS) is 15.0. The van der Waals surface area contributed by atoms with Crippen molar-refractivity contribution in [1.82, 2.24) is 5.32 Å². The van der Waals surface area contributed by atoms with Crippen molar-refractivity contribution in [3.63, 3.8) is 0 Å². The monoisotopic (exact) mass is 305 g/mol. The van der Waals surface area contributed by atoms with E-state index in [0.29, 0.717) is 6.54 Å². The zero-order valence-electron chi connectivity index (χ0n) is 12.8. The average molecular weight is 305 g/mol. The lowest BCUT2D eigenvalue weighted by molar-refractivity contribution is 0.182. The van der Waals surface area contributed by atoms with E-state index < -0.39 is 16.9 Å². The lowest BCUT2D eigenvalue weighted by atomic mass is 10.1. The summed E-state index contributed by atoms with van der Waals surface area (Å²) in [6, 6.07) is 13.8. The van der Waals surface area contributed by atoms with Crippen molar-refractivity contribution in [2.75, 3.05) is 12.3 Å². The highest BCUT2D eigenvalue weighted by atomic mass is 32.2. The second-order valence-electron chi connectivity index (χ2n) is 6.31. The molecule has 0 spiro atoms. The van der Waals surface area contributed by atoms with Gasteiger partial charge in [0.15, 0.2) is 0 Å². The number of β-amino-alcohol motifs (C(OH)–C–C–N with tert-alkyl or cyclic N) is 1. The molecule has 0 radical (unpaired) electrons. The van der Waals surface area contributed by atoms with E-state index in [1.807, 2.05) is 63.2 Å². The fourth-order valence-electron chi connectivity index (χ4n) is 2.06. The molecule has 3 nitrogen and oxygen atoms in total. The Bertz CT molecular complexity index is 634. The van der Waals surface area contributed by atoms with E-state index in [1.54, 1.807) is 0 Å². The highest BCUT2D eigenvalue weighted by Crippen LogP contribution is 2.18. The standard InChI is InChI=1S/C17H23NO2S/c1-17(2,3)18-11-15(19)12-21(20)16-9-8-13-6-4-5-7-14(13)10-16/h4-10,15,18-19H,11-12H2,1-3H3. The van der Waals surface area contributed by atoms with Crippen LogP contribution in [0.1, 0.15) is 20.8 Å². The van der Waals surface area contributed by atoms with Crippen LogP contribution in [-0.4, -0.2) is 33.3 Å². The molecule has 0 aliphatic carbocycles. The molecule has 2 aromatic rings. The Hall–Kier alpha value is -1.23. The van der Waals surface area contributed by atoms with Crippen LogP contribution in [0, 0.1) is 0 Å². The predicted molar refractivity (Wildman–Crippen MR) is 89.0 cm³/mol. The van der Waals surface area contributed by atoms with Gasteiger partial charge in [0.2, 0.25) is 0 Å². The third-order valence-corrected chi connectivity index (χ3v) is 4.66. The first-order chi connectivity index (χ1) is 9.85. The Morgan fingerprint density at radius 3 is 2.48 bits per heavy atom. The number of hydrogen-bond acceptors (Lipinski definition) is 3. The van der Waals surface area contributed by atoms with E-state index in [4.69, 9.17) is 0 Å². The fourth-order valence-corrected chi connectivity index (χ4v) is 3.20. The number of aliphatic hydroxyl groups excluding tert-OH is 1. The molecule has 2 atom stereocenters. The van der Waals surface area contributed by atoms with Gasteiger partial charge >= 0.3 is 0 Å². The van der Waals surface area contributed by atoms with Gasteiger partial charge in [0, 0.05) is 17.0 Å². The molecule has 2 N–H and O–H groups in total. The van der Waals surface area contributed by atoms with Crippen molar-refractivity contribution in [2.45, 2.75) is 37.3 Å². The summed E-state index contributed by atoms with van der Waals surface area (Å²) in [6.07, 6.45) is -0.614. The molecule has 2 unspecified atom stereocenters. The zero-order valence-corrected chi connectivity index (χ0v) is 13.6. The summed E-state index contributed by atoms with van der Waals surface area (Å²) in [5.41, 5.74) is -0.0502. The summed E-state index contributed by atoms with van der Waals surface area (Å²) in [4.78, 5) is 0.767. The maximum atomic E-state index is 12.3. The Labute approximate surface area is 128 Å². The molecule has 4 heteroatoms. The number of nitrogens with one attached hydrogen (secondary N) is 1. The molecule has 0 saturated carbocycles. The fraction of sp³-hybridized carbons (Fsp3) is 0.412. The van der Waals surface area contributed by atoms with E-state index in [1.165, 1.54) is 0 Å². The number of rotatable bonds is 5. The summed E-state index contributed by atoms with van der Waals surface area (Å²) in [5.74, 6) is 0.251. The Kier molecular flexibility index (Phi) is 5.14. The zero-order chi connectivity index (χ0) is 15.5. The van der Waals surface area contributed by atoms with Gasteiger partial charge in [0.1, 0.15) is 0 Å². The van der Waals surface area contributed by atoms with Gasteiger partial charge in [-0.05, 0) is 43.7 Å². The first-order valence-corrected chi connectivity index (χ1v) is 8.47. The number of benzene rings is 2. The van der Waals surface area contributed by atoms with Crippen LogP contribution in [0.25, 0.3) is 10.8 Å². The Balaban J connectivity index is 2.01. The van der Waals surface area contributed by atoms with Gasteiger partial charge in [-0.25, -0.2) is 0 Å². The summed E-state index contributed by atoms with van der Waals surface area (Å²) < 4.78 is 12.3. The molecule has 114 valence electrons. The largest absolute Gasteiger partial charge is 0.391 e. The quantitative estimate of drug-likeness (QED) is 0.893. The Morgan fingerprint density at radius 2 is 1.81 bits per heavy atom. The molecule has 21 heavy (non-hydrogen) atoms. The highest BCUT2D eigenvalue weighted by molar-refractivity contribution is 7.85. The summed E-state index contributed by atoms with van der Waals surface area (Å²) in [6.45, 7) is 6.57. The van der Waals surface area contributed by atoms with E-state index in [-0.39, 0.29) is 11.3 Å². The smallest absolute Gasteiger partial charge is 0.0783 e. The lowest BCUT2D eigenvalue weighted by Gasteiger charge is -2.22. The minimum atomic E-state index is -1.19. The van der Waals surface area contributed by atoms with Crippen LogP contribution in [0.2, 0.25) is 0 Å². The lowest BCUT2D eigenvalue weighted by Crippen LogP contribution is -2.42. The van der Waals surface area contributed by atoms with Gasteiger partial charge in [0.25, 0.3) is 0 Å². The average Bonchev–Trinajstić information content (AvgIpc) is 2.44. The molecule has 0 saturated heterocycles. The van der Waals surface area contributed by atoms with E-state index in [0.717, 1.165) is 15.7 Å². The third kappa shape index (κ3) is 4.92. The second kappa shape index (κ2) is 6.69. The third-order valence-electron chi connectivity index (χ3n) is 3.20. The maximum absolute atomic E-state index is 12.3. The van der Waals surface area contributed by atoms with E-state index >= 15 is 0 Å². The van der Waals surface area contributed by atoms with Crippen LogP contribution in [0.5, 0.6) is 0 Å². The van der Waals surface area contributed by atoms with Crippen LogP contribution < -0.4 is 5.32 Å². The minimum Gasteiger partial charge on any atom is -0.391 e. The molecule has 0 heterocycles. The van der Waals surface area contributed by atoms with Gasteiger partial charge in [0.05, 0.1) is 22.7 Å². The second-order valence-corrected chi connectivity index (χ2v) is 7.80. The van der Waals surface area contributed by atoms with Crippen LogP contribution >= 0.6 is 0 Å². The maximum Gasteiger partial charge on any atom is 0.0783 e. The predicted octanol–water partition coefficient (Wildman–Crippen LogP) is 2.70. The van der Waals surface area contributed by atoms with E-state index in [9.17, 15) is 9.32 Å². The van der Waals surface area contributed by atoms with E-state index in [2.05, 4.69) is 5.32 Å². The van der Waals surface area contributed by atoms with Gasteiger partial charge in [-0.1, -0.05) is 30.3 Å². The molecule has 2 rings (SSSR count). The molecule has 0 fully saturated rings. The SMILES string of the molecule is CC(C)(C)NCC(O)CS(=O)c1ccc2ccccc2c1. The molecule has 0 bridgehead atoms. The van der Waals surface area contributed by atoms with Crippen molar-refractivity contribution < 1.29 is 9.32 Å². The topological polar surface area (TPSA) is 49.3 Å². The number of hydrogen-bond donors (Lipinski definition) is 2. The summed E-state index contributed by atoms with van der Waals surface area (Å²) in [7, 11) is -1.19. The number of aliphatic hydroxyl groups is 1. The molecule has 0 amide bonds. The van der Waals surface area contributed by atoms with Crippen molar-refractivity contribution in [1.29, 1.82) is 0 Å². The van der Waals surface area contributed by atoms with Gasteiger partial charge < -0.3 is 10.4 Å². The minimum absolute atomic E-state index is 0.0502. The van der Waals surface area contributed by atoms with Crippen molar-refractivity contribution in [3.05, 3.63) is 42.5 Å². The molecular formula is C17H23NO2S. The first kappa shape index (κ1) is 16.1. The summed E-state index contributed by atoms with van der Waals surface area (Å²) >= 11 is 0. The molecule has 2 aromatic carbocycles. The van der Waals surface area contributed by atoms with Gasteiger partial charge in [-0.2, -0.15) is 0 Å². The Morgan fingerprint density at radius 1 is 1.14 bits per heavy atom. The molecule has 0 aliphatic heterocycles. The van der Waals surface area contributed by atoms with Gasteiger partial charge in [-0.15, -0.1) is 0 Å². The summed E-state index contributed by atoms with van der Waals surface area (Å²) in [5, 5.41) is 15.4. The van der Waals surface area contributed by atoms with Crippen molar-refractivity contribution in [2.24, 2.45) is 0 Å². The molecule has 0 aromatic heterocycles. The van der Waals surface area contributed by atoms with Crippen LogP contribution in [0.3, 0.4) is 0 Å². The number of fused-ring (bicyclic) bond motifs is 1. The van der Waals surface area contributed by atoms with Crippen molar-refractivity contribution >= 4 is 21.6 Å². The van der Waals surface area contributed by atoms with Crippen molar-refractivity contribution in [3.8, 4) is 0 Å². The van der Waals surface area contributed by atoms with Crippen LogP contribution in [0.4, 0.5) is 0 Å². The molecular weight excluding hydrogens is 282 g/mol. The highest BCUT2D eigenvalue weighted by Gasteiger charge is 2.15. The van der Waals surface area contributed by atoms with Crippen LogP contribution in [-0.2, 0) is 10.8 Å². The van der Waals surface area contributed by atoms with Crippen LogP contribution in [0.15, 0.2) is 47.4 Å². The molecule has 0 aliphatic rings.